The second kappa shape index (κ2) is 3.93. The highest BCUT2D eigenvalue weighted by atomic mass is 19.1. The molecule has 3 nitrogen and oxygen atoms in total. The van der Waals surface area contributed by atoms with Crippen molar-refractivity contribution < 1.29 is 23.2 Å². The maximum atomic E-state index is 13.8. The molecule has 0 saturated carbocycles. The van der Waals surface area contributed by atoms with Gasteiger partial charge in [-0.05, 0) is 33.8 Å². The van der Waals surface area contributed by atoms with Crippen molar-refractivity contribution in [3.05, 3.63) is 23.8 Å². The summed E-state index contributed by atoms with van der Waals surface area (Å²) in [7, 11) is -0.957. The van der Waals surface area contributed by atoms with Gasteiger partial charge in [0.05, 0.1) is 11.2 Å². The van der Waals surface area contributed by atoms with Crippen LogP contribution in [0.1, 0.15) is 27.7 Å². The van der Waals surface area contributed by atoms with Crippen LogP contribution < -0.4 is 5.46 Å². The Morgan fingerprint density at radius 1 is 1.06 bits per heavy atom. The Balaban J connectivity index is 2.39. The summed E-state index contributed by atoms with van der Waals surface area (Å²) in [5.41, 5.74) is -1.24. The normalized spacial score (nSPS) is 21.3. The van der Waals surface area contributed by atoms with Gasteiger partial charge < -0.3 is 14.4 Å². The summed E-state index contributed by atoms with van der Waals surface area (Å²) >= 11 is 0. The van der Waals surface area contributed by atoms with E-state index in [0.717, 1.165) is 6.07 Å². The molecule has 0 aromatic heterocycles. The predicted molar refractivity (Wildman–Crippen MR) is 63.7 cm³/mol. The smallest absolute Gasteiger partial charge is 0.498 e. The van der Waals surface area contributed by atoms with Gasteiger partial charge in [0.15, 0.2) is 17.4 Å². The van der Waals surface area contributed by atoms with Gasteiger partial charge >= 0.3 is 7.12 Å². The topological polar surface area (TPSA) is 38.7 Å². The van der Waals surface area contributed by atoms with E-state index in [1.807, 2.05) is 27.7 Å². The number of hydrogen-bond donors (Lipinski definition) is 1. The van der Waals surface area contributed by atoms with Crippen LogP contribution in [-0.4, -0.2) is 23.4 Å². The Morgan fingerprint density at radius 2 is 1.56 bits per heavy atom. The molecule has 0 bridgehead atoms. The third kappa shape index (κ3) is 1.89. The maximum absolute atomic E-state index is 13.8. The fraction of sp³-hybridized carbons (Fsp3) is 0.500. The summed E-state index contributed by atoms with van der Waals surface area (Å²) in [5, 5.41) is 9.25. The quantitative estimate of drug-likeness (QED) is 0.780. The number of rotatable bonds is 1. The first-order valence-corrected chi connectivity index (χ1v) is 5.68. The Labute approximate surface area is 105 Å². The van der Waals surface area contributed by atoms with Crippen molar-refractivity contribution in [2.24, 2.45) is 0 Å². The predicted octanol–water partition coefficient (Wildman–Crippen LogP) is 1.97. The van der Waals surface area contributed by atoms with Crippen LogP contribution in [0.15, 0.2) is 12.1 Å². The molecule has 0 radical (unpaired) electrons. The van der Waals surface area contributed by atoms with E-state index in [2.05, 4.69) is 0 Å². The average Bonchev–Trinajstić information content (AvgIpc) is 2.45. The lowest BCUT2D eigenvalue weighted by atomic mass is 9.78. The Hall–Kier alpha value is -1.14. The van der Waals surface area contributed by atoms with Crippen LogP contribution in [0.3, 0.4) is 0 Å². The number of aromatic hydroxyl groups is 1. The lowest BCUT2D eigenvalue weighted by Crippen LogP contribution is -2.41. The van der Waals surface area contributed by atoms with Gasteiger partial charge in [-0.1, -0.05) is 6.07 Å². The van der Waals surface area contributed by atoms with E-state index in [9.17, 15) is 13.9 Å². The molecule has 0 spiro atoms. The molecule has 0 aliphatic carbocycles. The Bertz CT molecular complexity index is 472. The van der Waals surface area contributed by atoms with E-state index in [1.54, 1.807) is 0 Å². The molecule has 1 aliphatic heterocycles. The molecule has 6 heteroatoms. The minimum Gasteiger partial charge on any atom is -0.503 e. The Kier molecular flexibility index (Phi) is 2.90. The summed E-state index contributed by atoms with van der Waals surface area (Å²) in [6.07, 6.45) is 0. The molecular formula is C12H15BF2O3. The Morgan fingerprint density at radius 3 is 2.06 bits per heavy atom. The van der Waals surface area contributed by atoms with Crippen LogP contribution in [0.4, 0.5) is 8.78 Å². The fourth-order valence-corrected chi connectivity index (χ4v) is 1.71. The van der Waals surface area contributed by atoms with E-state index < -0.39 is 35.7 Å². The van der Waals surface area contributed by atoms with E-state index in [-0.39, 0.29) is 5.46 Å². The van der Waals surface area contributed by atoms with Gasteiger partial charge in [-0.15, -0.1) is 0 Å². The van der Waals surface area contributed by atoms with Crippen molar-refractivity contribution in [3.8, 4) is 5.75 Å². The molecule has 18 heavy (non-hydrogen) atoms. The highest BCUT2D eigenvalue weighted by Crippen LogP contribution is 2.37. The molecule has 1 aromatic rings. The molecule has 1 fully saturated rings. The molecule has 2 rings (SSSR count). The van der Waals surface area contributed by atoms with Crippen molar-refractivity contribution in [3.63, 3.8) is 0 Å². The standard InChI is InChI=1S/C12H15BF2O3/c1-11(2)12(3,4)18-13(17-11)7-5-6-8(14)10(16)9(7)15/h5-6,16H,1-4H3. The number of phenolic OH excluding ortho intramolecular Hbond substituents is 1. The first-order valence-electron chi connectivity index (χ1n) is 5.68. The zero-order valence-electron chi connectivity index (χ0n) is 10.8. The second-order valence-electron chi connectivity index (χ2n) is 5.39. The van der Waals surface area contributed by atoms with Crippen molar-refractivity contribution in [2.75, 3.05) is 0 Å². The maximum Gasteiger partial charge on any atom is 0.498 e. The molecule has 0 atom stereocenters. The molecule has 1 N–H and O–H groups in total. The van der Waals surface area contributed by atoms with Gasteiger partial charge in [0, 0.05) is 5.46 Å². The number of hydrogen-bond acceptors (Lipinski definition) is 3. The molecule has 98 valence electrons. The van der Waals surface area contributed by atoms with Gasteiger partial charge in [-0.25, -0.2) is 8.78 Å². The molecule has 1 aromatic carbocycles. The second-order valence-corrected chi connectivity index (χ2v) is 5.39. The molecule has 0 amide bonds. The minimum atomic E-state index is -1.05. The summed E-state index contributed by atoms with van der Waals surface area (Å²) in [5.74, 6) is -3.07. The largest absolute Gasteiger partial charge is 0.503 e. The van der Waals surface area contributed by atoms with E-state index in [0.29, 0.717) is 0 Å². The highest BCUT2D eigenvalue weighted by Gasteiger charge is 2.52. The van der Waals surface area contributed by atoms with Gasteiger partial charge in [0.25, 0.3) is 0 Å². The number of benzene rings is 1. The highest BCUT2D eigenvalue weighted by molar-refractivity contribution is 6.62. The van der Waals surface area contributed by atoms with Crippen molar-refractivity contribution >= 4 is 12.6 Å². The summed E-state index contributed by atoms with van der Waals surface area (Å²) < 4.78 is 38.0. The molecular weight excluding hydrogens is 241 g/mol. The number of phenols is 1. The van der Waals surface area contributed by atoms with E-state index in [4.69, 9.17) is 9.31 Å². The van der Waals surface area contributed by atoms with Crippen LogP contribution in [0, 0.1) is 11.6 Å². The van der Waals surface area contributed by atoms with Gasteiger partial charge in [0.2, 0.25) is 0 Å². The average molecular weight is 256 g/mol. The van der Waals surface area contributed by atoms with Gasteiger partial charge in [-0.2, -0.15) is 0 Å². The molecule has 0 unspecified atom stereocenters. The van der Waals surface area contributed by atoms with Crippen molar-refractivity contribution in [1.82, 2.24) is 0 Å². The SMILES string of the molecule is CC1(C)OB(c2ccc(F)c(O)c2F)OC1(C)C. The zero-order chi connectivity index (χ0) is 13.7. The van der Waals surface area contributed by atoms with Crippen LogP contribution in [-0.2, 0) is 9.31 Å². The van der Waals surface area contributed by atoms with Crippen molar-refractivity contribution in [2.45, 2.75) is 38.9 Å². The summed E-state index contributed by atoms with van der Waals surface area (Å²) in [6, 6.07) is 2.20. The molecule has 1 saturated heterocycles. The zero-order valence-corrected chi connectivity index (χ0v) is 10.8. The number of halogens is 2. The molecule has 1 aliphatic rings. The first-order chi connectivity index (χ1) is 8.16. The minimum absolute atomic E-state index is 0.00690. The van der Waals surface area contributed by atoms with Crippen molar-refractivity contribution in [1.29, 1.82) is 0 Å². The van der Waals surface area contributed by atoms with Gasteiger partial charge in [0.1, 0.15) is 0 Å². The van der Waals surface area contributed by atoms with E-state index >= 15 is 0 Å². The van der Waals surface area contributed by atoms with Crippen LogP contribution in [0.5, 0.6) is 5.75 Å². The lowest BCUT2D eigenvalue weighted by molar-refractivity contribution is 0.00578. The third-order valence-corrected chi connectivity index (χ3v) is 3.60. The summed E-state index contributed by atoms with van der Waals surface area (Å²) in [4.78, 5) is 0. The van der Waals surface area contributed by atoms with Gasteiger partial charge in [-0.3, -0.25) is 0 Å². The van der Waals surface area contributed by atoms with Crippen LogP contribution in [0.25, 0.3) is 0 Å². The van der Waals surface area contributed by atoms with E-state index in [1.165, 1.54) is 6.07 Å². The van der Waals surface area contributed by atoms with Crippen LogP contribution >= 0.6 is 0 Å². The fourth-order valence-electron chi connectivity index (χ4n) is 1.71. The summed E-state index contributed by atoms with van der Waals surface area (Å²) in [6.45, 7) is 7.31. The lowest BCUT2D eigenvalue weighted by Gasteiger charge is -2.32. The van der Waals surface area contributed by atoms with Crippen LogP contribution in [0.2, 0.25) is 0 Å². The third-order valence-electron chi connectivity index (χ3n) is 3.60. The monoisotopic (exact) mass is 256 g/mol. The first kappa shape index (κ1) is 13.3. The molecule has 1 heterocycles.